The Hall–Kier alpha value is -6.12. The molecule has 0 spiro atoms. The number of rotatable bonds is 4. The molecule has 0 fully saturated rings. The third-order valence-electron chi connectivity index (χ3n) is 10.7. The fourth-order valence-electron chi connectivity index (χ4n) is 8.25. The molecule has 0 radical (unpaired) electrons. The normalized spacial score (nSPS) is 12.7. The van der Waals surface area contributed by atoms with Gasteiger partial charge in [-0.05, 0) is 92.9 Å². The van der Waals surface area contributed by atoms with Crippen molar-refractivity contribution in [2.75, 3.05) is 0 Å². The Kier molecular flexibility index (Phi) is 6.63. The van der Waals surface area contributed by atoms with E-state index < -0.39 is 0 Å². The average Bonchev–Trinajstić information content (AvgIpc) is 3.19. The smallest absolute Gasteiger partial charge is 0.0791 e. The van der Waals surface area contributed by atoms with Crippen molar-refractivity contribution >= 4 is 60.2 Å². The maximum absolute atomic E-state index is 5.42. The molecule has 0 saturated heterocycles. The standard InChI is InChI=1S/C48H34N2/c1-2-30-28-46(31-23-25-32(26-24-31)47-40-20-9-7-17-37(40)39-19-11-12-22-45(39)49-47)50-48-41-21-10-8-18-38(41)44(29-42(30)48)43-27-33-13-3-4-14-34(33)35-15-5-6-16-36(35)43/h3,5-13,15-29H,2,4,14H2,1H3. The van der Waals surface area contributed by atoms with E-state index >= 15 is 0 Å². The fraction of sp³-hybridized carbons (Fsp3) is 0.0833. The molecule has 2 nitrogen and oxygen atoms in total. The van der Waals surface area contributed by atoms with Crippen LogP contribution in [0.5, 0.6) is 0 Å². The minimum atomic E-state index is 0.919. The summed E-state index contributed by atoms with van der Waals surface area (Å²) in [5.74, 6) is 0. The van der Waals surface area contributed by atoms with Crippen LogP contribution in [0.4, 0.5) is 0 Å². The first-order valence-electron chi connectivity index (χ1n) is 17.7. The molecule has 10 rings (SSSR count). The molecule has 0 atom stereocenters. The summed E-state index contributed by atoms with van der Waals surface area (Å²) < 4.78 is 0. The summed E-state index contributed by atoms with van der Waals surface area (Å²) in [6.07, 6.45) is 7.74. The molecule has 1 aliphatic carbocycles. The Morgan fingerprint density at radius 1 is 0.520 bits per heavy atom. The van der Waals surface area contributed by atoms with E-state index in [0.29, 0.717) is 0 Å². The van der Waals surface area contributed by atoms with Gasteiger partial charge in [0.1, 0.15) is 0 Å². The Balaban J connectivity index is 1.14. The molecule has 50 heavy (non-hydrogen) atoms. The first kappa shape index (κ1) is 28.9. The van der Waals surface area contributed by atoms with E-state index in [9.17, 15) is 0 Å². The number of nitrogens with zero attached hydrogens (tertiary/aromatic N) is 2. The van der Waals surface area contributed by atoms with Gasteiger partial charge in [-0.2, -0.15) is 0 Å². The van der Waals surface area contributed by atoms with Crippen molar-refractivity contribution in [1.82, 2.24) is 9.97 Å². The Bertz CT molecular complexity index is 2840. The van der Waals surface area contributed by atoms with Gasteiger partial charge in [0.15, 0.2) is 0 Å². The van der Waals surface area contributed by atoms with Crippen LogP contribution in [0.25, 0.3) is 93.8 Å². The number of para-hydroxylation sites is 1. The topological polar surface area (TPSA) is 25.8 Å². The molecule has 0 aliphatic heterocycles. The quantitative estimate of drug-likeness (QED) is 0.179. The number of benzene rings is 7. The molecule has 0 bridgehead atoms. The molecular formula is C48H34N2. The van der Waals surface area contributed by atoms with E-state index in [0.717, 1.165) is 52.8 Å². The van der Waals surface area contributed by atoms with Gasteiger partial charge in [0.05, 0.1) is 22.4 Å². The maximum Gasteiger partial charge on any atom is 0.0791 e. The van der Waals surface area contributed by atoms with Crippen molar-refractivity contribution in [3.8, 4) is 33.6 Å². The molecule has 0 amide bonds. The summed E-state index contributed by atoms with van der Waals surface area (Å²) in [6, 6.07) is 50.7. The van der Waals surface area contributed by atoms with Gasteiger partial charge in [-0.15, -0.1) is 0 Å². The zero-order valence-corrected chi connectivity index (χ0v) is 27.9. The molecule has 236 valence electrons. The second kappa shape index (κ2) is 11.5. The van der Waals surface area contributed by atoms with Gasteiger partial charge in [-0.25, -0.2) is 9.97 Å². The number of aromatic nitrogens is 2. The summed E-state index contributed by atoms with van der Waals surface area (Å²) in [4.78, 5) is 10.6. The Morgan fingerprint density at radius 3 is 1.92 bits per heavy atom. The number of hydrogen-bond acceptors (Lipinski definition) is 2. The number of aryl methyl sites for hydroxylation is 2. The summed E-state index contributed by atoms with van der Waals surface area (Å²) in [5, 5.41) is 9.93. The lowest BCUT2D eigenvalue weighted by molar-refractivity contribution is 0.997. The summed E-state index contributed by atoms with van der Waals surface area (Å²) in [7, 11) is 0. The van der Waals surface area contributed by atoms with Gasteiger partial charge in [0.2, 0.25) is 0 Å². The van der Waals surface area contributed by atoms with E-state index in [1.165, 1.54) is 70.9 Å². The first-order chi connectivity index (χ1) is 24.7. The third-order valence-corrected chi connectivity index (χ3v) is 10.7. The van der Waals surface area contributed by atoms with Crippen LogP contribution in [0.3, 0.4) is 0 Å². The van der Waals surface area contributed by atoms with Gasteiger partial charge < -0.3 is 0 Å². The summed E-state index contributed by atoms with van der Waals surface area (Å²) in [5.41, 5.74) is 13.0. The molecule has 2 heteroatoms. The molecular weight excluding hydrogens is 605 g/mol. The highest BCUT2D eigenvalue weighted by molar-refractivity contribution is 6.16. The third kappa shape index (κ3) is 4.49. The number of fused-ring (bicyclic) bond motifs is 9. The van der Waals surface area contributed by atoms with Crippen molar-refractivity contribution in [3.05, 3.63) is 162 Å². The highest BCUT2D eigenvalue weighted by Gasteiger charge is 2.19. The van der Waals surface area contributed by atoms with Crippen LogP contribution in [0.1, 0.15) is 30.0 Å². The van der Waals surface area contributed by atoms with Gasteiger partial charge in [-0.3, -0.25) is 0 Å². The highest BCUT2D eigenvalue weighted by atomic mass is 14.7. The van der Waals surface area contributed by atoms with E-state index in [4.69, 9.17) is 9.97 Å². The SMILES string of the molecule is CCc1cc(-c2ccc(-c3nc4ccccc4c4ccccc34)cc2)nc2c1cc(-c1cc3c(c4ccccc14)CCC=C3)c1ccccc12. The molecule has 9 aromatic rings. The molecule has 0 saturated carbocycles. The number of hydrogen-bond donors (Lipinski definition) is 0. The van der Waals surface area contributed by atoms with E-state index in [1.54, 1.807) is 0 Å². The van der Waals surface area contributed by atoms with Crippen molar-refractivity contribution in [2.45, 2.75) is 26.2 Å². The zero-order chi connectivity index (χ0) is 33.2. The van der Waals surface area contributed by atoms with Gasteiger partial charge in [0, 0.05) is 32.7 Å². The second-order valence-electron chi connectivity index (χ2n) is 13.5. The monoisotopic (exact) mass is 638 g/mol. The lowest BCUT2D eigenvalue weighted by Crippen LogP contribution is -1.98. The van der Waals surface area contributed by atoms with E-state index in [1.807, 2.05) is 0 Å². The fourth-order valence-corrected chi connectivity index (χ4v) is 8.25. The second-order valence-corrected chi connectivity index (χ2v) is 13.5. The predicted molar refractivity (Wildman–Crippen MR) is 213 cm³/mol. The molecule has 2 aromatic heterocycles. The highest BCUT2D eigenvalue weighted by Crippen LogP contribution is 2.42. The van der Waals surface area contributed by atoms with Crippen LogP contribution in [0.15, 0.2) is 146 Å². The molecule has 2 heterocycles. The lowest BCUT2D eigenvalue weighted by atomic mass is 9.85. The zero-order valence-electron chi connectivity index (χ0n) is 27.9. The molecule has 0 unspecified atom stereocenters. The molecule has 7 aromatic carbocycles. The van der Waals surface area contributed by atoms with Crippen molar-refractivity contribution in [3.63, 3.8) is 0 Å². The minimum absolute atomic E-state index is 0.919. The number of pyridine rings is 2. The number of allylic oxidation sites excluding steroid dienone is 1. The van der Waals surface area contributed by atoms with Crippen LogP contribution in [0.2, 0.25) is 0 Å². The average molecular weight is 639 g/mol. The van der Waals surface area contributed by atoms with Crippen molar-refractivity contribution < 1.29 is 0 Å². The van der Waals surface area contributed by atoms with Crippen LogP contribution in [0, 0.1) is 0 Å². The largest absolute Gasteiger partial charge is 0.247 e. The van der Waals surface area contributed by atoms with Crippen molar-refractivity contribution in [1.29, 1.82) is 0 Å². The Labute approximate surface area is 291 Å². The Morgan fingerprint density at radius 2 is 1.14 bits per heavy atom. The minimum Gasteiger partial charge on any atom is -0.247 e. The van der Waals surface area contributed by atoms with Gasteiger partial charge >= 0.3 is 0 Å². The van der Waals surface area contributed by atoms with E-state index in [-0.39, 0.29) is 0 Å². The van der Waals surface area contributed by atoms with Crippen LogP contribution >= 0.6 is 0 Å². The maximum atomic E-state index is 5.42. The summed E-state index contributed by atoms with van der Waals surface area (Å²) >= 11 is 0. The van der Waals surface area contributed by atoms with Crippen molar-refractivity contribution in [2.24, 2.45) is 0 Å². The van der Waals surface area contributed by atoms with Crippen LogP contribution < -0.4 is 0 Å². The van der Waals surface area contributed by atoms with Crippen LogP contribution in [-0.2, 0) is 12.8 Å². The first-order valence-corrected chi connectivity index (χ1v) is 17.7. The predicted octanol–water partition coefficient (Wildman–Crippen LogP) is 12.8. The molecule has 0 N–H and O–H groups in total. The van der Waals surface area contributed by atoms with Gasteiger partial charge in [-0.1, -0.05) is 134 Å². The lowest BCUT2D eigenvalue weighted by Gasteiger charge is -2.20. The van der Waals surface area contributed by atoms with Crippen LogP contribution in [-0.4, -0.2) is 9.97 Å². The summed E-state index contributed by atoms with van der Waals surface area (Å²) in [6.45, 7) is 2.26. The van der Waals surface area contributed by atoms with Gasteiger partial charge in [0.25, 0.3) is 0 Å². The van der Waals surface area contributed by atoms with E-state index in [2.05, 4.69) is 159 Å². The molecule has 1 aliphatic rings.